The summed E-state index contributed by atoms with van der Waals surface area (Å²) in [6, 6.07) is 18.8. The third-order valence-electron chi connectivity index (χ3n) is 4.89. The smallest absolute Gasteiger partial charge is 0.314 e. The number of benzene rings is 2. The Morgan fingerprint density at radius 3 is 2.57 bits per heavy atom. The number of carbonyl (C=O) groups excluding carboxylic acids is 2. The Bertz CT molecular complexity index is 951. The van der Waals surface area contributed by atoms with Crippen molar-refractivity contribution in [2.24, 2.45) is 5.92 Å². The quantitative estimate of drug-likeness (QED) is 0.615. The van der Waals surface area contributed by atoms with Gasteiger partial charge >= 0.3 is 5.97 Å². The SMILES string of the molecule is CC[C@@H](C)[C@@H](C(=O)OCC(=O)Nc1cccc2ncccc12)c1ccccc1. The third-order valence-corrected chi connectivity index (χ3v) is 4.89. The number of esters is 1. The number of nitrogens with zero attached hydrogens (tertiary/aromatic N) is 1. The first-order chi connectivity index (χ1) is 13.6. The highest BCUT2D eigenvalue weighted by atomic mass is 16.5. The van der Waals surface area contributed by atoms with E-state index < -0.39 is 0 Å². The fourth-order valence-electron chi connectivity index (χ4n) is 3.22. The van der Waals surface area contributed by atoms with Crippen molar-refractivity contribution in [3.05, 3.63) is 72.4 Å². The molecule has 0 unspecified atom stereocenters. The molecular formula is C23H24N2O3. The first-order valence-corrected chi connectivity index (χ1v) is 9.45. The summed E-state index contributed by atoms with van der Waals surface area (Å²) in [5, 5.41) is 3.65. The van der Waals surface area contributed by atoms with Crippen molar-refractivity contribution in [2.45, 2.75) is 26.2 Å². The number of pyridine rings is 1. The highest BCUT2D eigenvalue weighted by Crippen LogP contribution is 2.28. The monoisotopic (exact) mass is 376 g/mol. The highest BCUT2D eigenvalue weighted by molar-refractivity contribution is 6.01. The van der Waals surface area contributed by atoms with Gasteiger partial charge in [-0.1, -0.05) is 56.7 Å². The molecule has 2 atom stereocenters. The summed E-state index contributed by atoms with van der Waals surface area (Å²) in [5.74, 6) is -1.03. The number of amides is 1. The van der Waals surface area contributed by atoms with E-state index in [4.69, 9.17) is 4.74 Å². The third kappa shape index (κ3) is 4.55. The molecule has 0 aliphatic carbocycles. The van der Waals surface area contributed by atoms with Crippen molar-refractivity contribution < 1.29 is 14.3 Å². The molecule has 5 nitrogen and oxygen atoms in total. The van der Waals surface area contributed by atoms with Gasteiger partial charge in [-0.3, -0.25) is 14.6 Å². The van der Waals surface area contributed by atoms with Crippen LogP contribution >= 0.6 is 0 Å². The summed E-state index contributed by atoms with van der Waals surface area (Å²) in [4.78, 5) is 29.3. The van der Waals surface area contributed by atoms with Crippen molar-refractivity contribution in [3.63, 3.8) is 0 Å². The average Bonchev–Trinajstić information content (AvgIpc) is 2.73. The lowest BCUT2D eigenvalue weighted by atomic mass is 9.86. The van der Waals surface area contributed by atoms with Gasteiger partial charge in [0.2, 0.25) is 0 Å². The van der Waals surface area contributed by atoms with Crippen molar-refractivity contribution >= 4 is 28.5 Å². The van der Waals surface area contributed by atoms with Crippen LogP contribution in [0.2, 0.25) is 0 Å². The summed E-state index contributed by atoms with van der Waals surface area (Å²) < 4.78 is 5.36. The van der Waals surface area contributed by atoms with Crippen molar-refractivity contribution in [1.29, 1.82) is 0 Å². The van der Waals surface area contributed by atoms with Gasteiger partial charge in [-0.15, -0.1) is 0 Å². The van der Waals surface area contributed by atoms with Crippen LogP contribution in [0.5, 0.6) is 0 Å². The average molecular weight is 376 g/mol. The Kier molecular flexibility index (Phi) is 6.37. The van der Waals surface area contributed by atoms with E-state index in [1.165, 1.54) is 0 Å². The number of ether oxygens (including phenoxy) is 1. The molecule has 1 aromatic heterocycles. The number of rotatable bonds is 7. The van der Waals surface area contributed by atoms with Crippen molar-refractivity contribution in [2.75, 3.05) is 11.9 Å². The van der Waals surface area contributed by atoms with E-state index in [0.717, 1.165) is 22.9 Å². The van der Waals surface area contributed by atoms with Gasteiger partial charge in [0.15, 0.2) is 6.61 Å². The lowest BCUT2D eigenvalue weighted by Gasteiger charge is -2.21. The topological polar surface area (TPSA) is 68.3 Å². The van der Waals surface area contributed by atoms with Gasteiger partial charge in [-0.25, -0.2) is 0 Å². The molecule has 1 N–H and O–H groups in total. The molecule has 0 saturated carbocycles. The maximum absolute atomic E-state index is 12.7. The van der Waals surface area contributed by atoms with Gasteiger partial charge in [0.05, 0.1) is 17.1 Å². The Morgan fingerprint density at radius 2 is 1.82 bits per heavy atom. The van der Waals surface area contributed by atoms with E-state index in [9.17, 15) is 9.59 Å². The van der Waals surface area contributed by atoms with E-state index in [0.29, 0.717) is 5.69 Å². The second kappa shape index (κ2) is 9.13. The number of anilines is 1. The van der Waals surface area contributed by atoms with E-state index >= 15 is 0 Å². The minimum Gasteiger partial charge on any atom is -0.455 e. The molecule has 3 rings (SSSR count). The second-order valence-electron chi connectivity index (χ2n) is 6.81. The lowest BCUT2D eigenvalue weighted by molar-refractivity contribution is -0.150. The molecule has 3 aromatic rings. The van der Waals surface area contributed by atoms with Crippen LogP contribution in [0.4, 0.5) is 5.69 Å². The van der Waals surface area contributed by atoms with Gasteiger partial charge in [0, 0.05) is 11.6 Å². The Balaban J connectivity index is 1.66. The van der Waals surface area contributed by atoms with Crippen LogP contribution < -0.4 is 5.32 Å². The Morgan fingerprint density at radius 1 is 1.04 bits per heavy atom. The highest BCUT2D eigenvalue weighted by Gasteiger charge is 2.27. The fraction of sp³-hybridized carbons (Fsp3) is 0.261. The normalized spacial score (nSPS) is 12.9. The summed E-state index contributed by atoms with van der Waals surface area (Å²) in [7, 11) is 0. The minimum absolute atomic E-state index is 0.113. The van der Waals surface area contributed by atoms with E-state index in [1.54, 1.807) is 12.3 Å². The molecule has 0 aliphatic heterocycles. The first kappa shape index (κ1) is 19.5. The molecule has 2 aromatic carbocycles. The minimum atomic E-state index is -0.388. The molecule has 0 radical (unpaired) electrons. The maximum Gasteiger partial charge on any atom is 0.314 e. The number of aromatic nitrogens is 1. The summed E-state index contributed by atoms with van der Waals surface area (Å²) in [6.45, 7) is 3.73. The lowest BCUT2D eigenvalue weighted by Crippen LogP contribution is -2.27. The van der Waals surface area contributed by atoms with Gasteiger partial charge in [0.1, 0.15) is 0 Å². The van der Waals surface area contributed by atoms with Crippen LogP contribution in [0.1, 0.15) is 31.7 Å². The van der Waals surface area contributed by atoms with Gasteiger partial charge < -0.3 is 10.1 Å². The van der Waals surface area contributed by atoms with Crippen molar-refractivity contribution in [1.82, 2.24) is 4.98 Å². The zero-order valence-corrected chi connectivity index (χ0v) is 16.1. The molecule has 0 aliphatic rings. The number of hydrogen-bond donors (Lipinski definition) is 1. The van der Waals surface area contributed by atoms with Crippen LogP contribution in [0.15, 0.2) is 66.9 Å². The van der Waals surface area contributed by atoms with Gasteiger partial charge in [-0.05, 0) is 35.7 Å². The number of hydrogen-bond acceptors (Lipinski definition) is 4. The molecule has 144 valence electrons. The van der Waals surface area contributed by atoms with Crippen molar-refractivity contribution in [3.8, 4) is 0 Å². The number of nitrogens with one attached hydrogen (secondary N) is 1. The van der Waals surface area contributed by atoms with Crippen LogP contribution in [-0.2, 0) is 14.3 Å². The molecule has 1 amide bonds. The van der Waals surface area contributed by atoms with E-state index in [1.807, 2.05) is 68.4 Å². The van der Waals surface area contributed by atoms with Crippen LogP contribution in [0.3, 0.4) is 0 Å². The zero-order valence-electron chi connectivity index (χ0n) is 16.1. The van der Waals surface area contributed by atoms with E-state index in [-0.39, 0.29) is 30.3 Å². The number of fused-ring (bicyclic) bond motifs is 1. The van der Waals surface area contributed by atoms with Gasteiger partial charge in [-0.2, -0.15) is 0 Å². The van der Waals surface area contributed by atoms with Gasteiger partial charge in [0.25, 0.3) is 5.91 Å². The summed E-state index contributed by atoms with van der Waals surface area (Å²) in [6.07, 6.45) is 2.54. The molecular weight excluding hydrogens is 352 g/mol. The molecule has 0 bridgehead atoms. The standard InChI is InChI=1S/C23H24N2O3/c1-3-16(2)22(17-9-5-4-6-10-17)23(27)28-15-21(26)25-20-13-7-12-19-18(20)11-8-14-24-19/h4-14,16,22H,3,15H2,1-2H3,(H,25,26)/t16-,22-/m1/s1. The molecule has 28 heavy (non-hydrogen) atoms. The molecule has 0 saturated heterocycles. The largest absolute Gasteiger partial charge is 0.455 e. The van der Waals surface area contributed by atoms with Crippen LogP contribution in [0.25, 0.3) is 10.9 Å². The second-order valence-corrected chi connectivity index (χ2v) is 6.81. The van der Waals surface area contributed by atoms with Crippen LogP contribution in [-0.4, -0.2) is 23.5 Å². The molecule has 5 heteroatoms. The summed E-state index contributed by atoms with van der Waals surface area (Å²) in [5.41, 5.74) is 2.34. The zero-order chi connectivity index (χ0) is 19.9. The summed E-state index contributed by atoms with van der Waals surface area (Å²) >= 11 is 0. The Hall–Kier alpha value is -3.21. The first-order valence-electron chi connectivity index (χ1n) is 9.45. The van der Waals surface area contributed by atoms with Crippen LogP contribution in [0, 0.1) is 5.92 Å². The predicted octanol–water partition coefficient (Wildman–Crippen LogP) is 4.55. The van der Waals surface area contributed by atoms with E-state index in [2.05, 4.69) is 10.3 Å². The predicted molar refractivity (Wildman–Crippen MR) is 110 cm³/mol. The maximum atomic E-state index is 12.7. The molecule has 0 spiro atoms. The number of carbonyl (C=O) groups is 2. The molecule has 1 heterocycles. The Labute approximate surface area is 164 Å². The molecule has 0 fully saturated rings. The fourth-order valence-corrected chi connectivity index (χ4v) is 3.22.